The van der Waals surface area contributed by atoms with Gasteiger partial charge in [0.1, 0.15) is 6.10 Å². The largest absolute Gasteiger partial charge is 0.486 e. The summed E-state index contributed by atoms with van der Waals surface area (Å²) in [7, 11) is 0. The van der Waals surface area contributed by atoms with Gasteiger partial charge >= 0.3 is 0 Å². The molecule has 4 heteroatoms. The molecule has 1 rings (SSSR count). The molecule has 0 amide bonds. The Labute approximate surface area is 78.7 Å². The summed E-state index contributed by atoms with van der Waals surface area (Å²) >= 11 is 0. The normalized spacial score (nSPS) is 12.8. The Balaban J connectivity index is 2.48. The summed E-state index contributed by atoms with van der Waals surface area (Å²) in [6, 6.07) is 0. The maximum absolute atomic E-state index is 5.48. The van der Waals surface area contributed by atoms with E-state index in [-0.39, 0.29) is 6.10 Å². The molecule has 0 bridgehead atoms. The molecule has 4 nitrogen and oxygen atoms in total. The van der Waals surface area contributed by atoms with Gasteiger partial charge in [0.25, 0.3) is 0 Å². The number of hydrogen-bond acceptors (Lipinski definition) is 3. The van der Waals surface area contributed by atoms with Crippen LogP contribution in [0.15, 0.2) is 12.4 Å². The monoisotopic (exact) mass is 183 g/mol. The van der Waals surface area contributed by atoms with Crippen molar-refractivity contribution >= 4 is 0 Å². The number of ether oxygens (including phenoxy) is 1. The molecule has 0 aromatic carbocycles. The molecule has 1 unspecified atom stereocenters. The van der Waals surface area contributed by atoms with Crippen LogP contribution in [0.5, 0.6) is 5.75 Å². The fraction of sp³-hybridized carbons (Fsp3) is 0.667. The molecule has 0 radical (unpaired) electrons. The molecule has 13 heavy (non-hydrogen) atoms. The Morgan fingerprint density at radius 2 is 2.46 bits per heavy atom. The van der Waals surface area contributed by atoms with Crippen LogP contribution >= 0.6 is 0 Å². The lowest BCUT2D eigenvalue weighted by Crippen LogP contribution is -2.22. The Morgan fingerprint density at radius 3 is 3.08 bits per heavy atom. The van der Waals surface area contributed by atoms with Gasteiger partial charge in [0.15, 0.2) is 5.75 Å². The highest BCUT2D eigenvalue weighted by Crippen LogP contribution is 2.10. The number of nitrogens with zero attached hydrogens (tertiary/aromatic N) is 2. The maximum Gasteiger partial charge on any atom is 0.157 e. The highest BCUT2D eigenvalue weighted by Gasteiger charge is 2.03. The predicted molar refractivity (Wildman–Crippen MR) is 51.7 cm³/mol. The molecule has 74 valence electrons. The van der Waals surface area contributed by atoms with Gasteiger partial charge in [0.2, 0.25) is 0 Å². The summed E-state index contributed by atoms with van der Waals surface area (Å²) in [6.07, 6.45) is 4.75. The summed E-state index contributed by atoms with van der Waals surface area (Å²) in [6.45, 7) is 5.52. The van der Waals surface area contributed by atoms with Crippen molar-refractivity contribution < 1.29 is 4.74 Å². The Morgan fingerprint density at radius 1 is 1.69 bits per heavy atom. The van der Waals surface area contributed by atoms with Crippen molar-refractivity contribution in [3.05, 3.63) is 12.4 Å². The van der Waals surface area contributed by atoms with Gasteiger partial charge in [-0.1, -0.05) is 6.92 Å². The van der Waals surface area contributed by atoms with E-state index in [1.165, 1.54) is 0 Å². The van der Waals surface area contributed by atoms with E-state index in [9.17, 15) is 0 Å². The zero-order valence-corrected chi connectivity index (χ0v) is 8.23. The molecule has 0 aliphatic carbocycles. The van der Waals surface area contributed by atoms with Gasteiger partial charge in [-0.15, -0.1) is 0 Å². The van der Waals surface area contributed by atoms with Crippen LogP contribution in [0.25, 0.3) is 0 Å². The quantitative estimate of drug-likeness (QED) is 0.741. The van der Waals surface area contributed by atoms with Crippen molar-refractivity contribution in [2.75, 3.05) is 6.54 Å². The lowest BCUT2D eigenvalue weighted by Gasteiger charge is -2.09. The fourth-order valence-electron chi connectivity index (χ4n) is 1.04. The van der Waals surface area contributed by atoms with Crippen LogP contribution in [0, 0.1) is 0 Å². The number of hydrogen-bond donors (Lipinski definition) is 1. The van der Waals surface area contributed by atoms with Crippen LogP contribution in [0.2, 0.25) is 0 Å². The van der Waals surface area contributed by atoms with Gasteiger partial charge in [-0.2, -0.15) is 5.10 Å². The number of nitrogens with two attached hydrogens (primary N) is 1. The van der Waals surface area contributed by atoms with E-state index in [0.29, 0.717) is 6.54 Å². The molecule has 0 spiro atoms. The minimum absolute atomic E-state index is 0.0549. The van der Waals surface area contributed by atoms with Crippen molar-refractivity contribution in [1.29, 1.82) is 0 Å². The highest BCUT2D eigenvalue weighted by molar-refractivity contribution is 5.12. The second kappa shape index (κ2) is 4.87. The Kier molecular flexibility index (Phi) is 3.76. The molecule has 0 saturated carbocycles. The van der Waals surface area contributed by atoms with E-state index in [4.69, 9.17) is 10.5 Å². The number of rotatable bonds is 5. The molecule has 2 N–H and O–H groups in total. The molecule has 1 aromatic heterocycles. The van der Waals surface area contributed by atoms with E-state index >= 15 is 0 Å². The zero-order chi connectivity index (χ0) is 9.68. The van der Waals surface area contributed by atoms with Crippen LogP contribution < -0.4 is 10.5 Å². The average Bonchev–Trinajstić information content (AvgIpc) is 2.53. The molecule has 0 aliphatic rings. The van der Waals surface area contributed by atoms with E-state index in [1.54, 1.807) is 6.20 Å². The van der Waals surface area contributed by atoms with Crippen molar-refractivity contribution in [2.24, 2.45) is 5.73 Å². The minimum atomic E-state index is 0.0549. The molecule has 0 fully saturated rings. The van der Waals surface area contributed by atoms with Gasteiger partial charge in [0.05, 0.1) is 12.4 Å². The predicted octanol–water partition coefficient (Wildman–Crippen LogP) is 1.02. The van der Waals surface area contributed by atoms with E-state index < -0.39 is 0 Å². The minimum Gasteiger partial charge on any atom is -0.486 e. The molecule has 1 heterocycles. The first-order valence-corrected chi connectivity index (χ1v) is 4.65. The first kappa shape index (κ1) is 10.1. The summed E-state index contributed by atoms with van der Waals surface area (Å²) in [5, 5.41) is 4.14. The van der Waals surface area contributed by atoms with Crippen LogP contribution in [0.4, 0.5) is 0 Å². The molecular weight excluding hydrogens is 166 g/mol. The van der Waals surface area contributed by atoms with E-state index in [2.05, 4.69) is 12.0 Å². The molecule has 1 atom stereocenters. The van der Waals surface area contributed by atoms with Crippen LogP contribution in [-0.4, -0.2) is 22.4 Å². The second-order valence-electron chi connectivity index (χ2n) is 3.10. The van der Waals surface area contributed by atoms with Gasteiger partial charge in [-0.3, -0.25) is 4.68 Å². The SMILES string of the molecule is CCCn1cc(OC(C)CN)cn1. The topological polar surface area (TPSA) is 53.1 Å². The van der Waals surface area contributed by atoms with Crippen LogP contribution in [0.1, 0.15) is 20.3 Å². The molecule has 1 aromatic rings. The van der Waals surface area contributed by atoms with Gasteiger partial charge < -0.3 is 10.5 Å². The highest BCUT2D eigenvalue weighted by atomic mass is 16.5. The Bertz CT molecular complexity index is 247. The number of aryl methyl sites for hydroxylation is 1. The summed E-state index contributed by atoms with van der Waals surface area (Å²) in [5.74, 6) is 0.798. The van der Waals surface area contributed by atoms with Crippen molar-refractivity contribution in [1.82, 2.24) is 9.78 Å². The third-order valence-corrected chi connectivity index (χ3v) is 1.73. The van der Waals surface area contributed by atoms with Crippen molar-refractivity contribution in [3.63, 3.8) is 0 Å². The first-order chi connectivity index (χ1) is 6.26. The summed E-state index contributed by atoms with van der Waals surface area (Å²) in [5.41, 5.74) is 5.43. The Hall–Kier alpha value is -1.03. The van der Waals surface area contributed by atoms with Crippen molar-refractivity contribution in [3.8, 4) is 5.75 Å². The lowest BCUT2D eigenvalue weighted by molar-refractivity contribution is 0.229. The third-order valence-electron chi connectivity index (χ3n) is 1.73. The van der Waals surface area contributed by atoms with E-state index in [0.717, 1.165) is 18.7 Å². The molecular formula is C9H17N3O. The fourth-order valence-corrected chi connectivity index (χ4v) is 1.04. The summed E-state index contributed by atoms with van der Waals surface area (Å²) in [4.78, 5) is 0. The van der Waals surface area contributed by atoms with Gasteiger partial charge in [0, 0.05) is 13.1 Å². The average molecular weight is 183 g/mol. The molecule has 0 saturated heterocycles. The standard InChI is InChI=1S/C9H17N3O/c1-3-4-12-7-9(6-11-12)13-8(2)5-10/h6-8H,3-5,10H2,1-2H3. The second-order valence-corrected chi connectivity index (χ2v) is 3.10. The van der Waals surface area contributed by atoms with Gasteiger partial charge in [-0.05, 0) is 13.3 Å². The zero-order valence-electron chi connectivity index (χ0n) is 8.23. The number of aromatic nitrogens is 2. The van der Waals surface area contributed by atoms with Crippen molar-refractivity contribution in [2.45, 2.75) is 32.9 Å². The maximum atomic E-state index is 5.48. The lowest BCUT2D eigenvalue weighted by atomic mass is 10.4. The van der Waals surface area contributed by atoms with Gasteiger partial charge in [-0.25, -0.2) is 0 Å². The smallest absolute Gasteiger partial charge is 0.157 e. The van der Waals surface area contributed by atoms with Crippen LogP contribution in [0.3, 0.4) is 0 Å². The van der Waals surface area contributed by atoms with Crippen LogP contribution in [-0.2, 0) is 6.54 Å². The first-order valence-electron chi connectivity index (χ1n) is 4.65. The third kappa shape index (κ3) is 3.06. The summed E-state index contributed by atoms with van der Waals surface area (Å²) < 4.78 is 7.36. The van der Waals surface area contributed by atoms with E-state index in [1.807, 2.05) is 17.8 Å². The molecule has 0 aliphatic heterocycles.